The molecule has 0 bridgehead atoms. The molecule has 1 N–H and O–H groups in total. The summed E-state index contributed by atoms with van der Waals surface area (Å²) in [5.74, 6) is 0. The minimum absolute atomic E-state index is 0.622. The molecule has 0 atom stereocenters. The summed E-state index contributed by atoms with van der Waals surface area (Å²) in [6.45, 7) is 2.58. The van der Waals surface area contributed by atoms with Gasteiger partial charge in [-0.25, -0.2) is 5.01 Å². The van der Waals surface area contributed by atoms with Crippen molar-refractivity contribution in [2.45, 2.75) is 13.5 Å². The molecule has 80 valence electrons. The van der Waals surface area contributed by atoms with Crippen LogP contribution in [0.1, 0.15) is 12.5 Å². The molecule has 4 heteroatoms. The number of thiocarbonyl (C=S) groups is 1. The Hall–Kier alpha value is -1.42. The molecule has 1 aromatic rings. The second kappa shape index (κ2) is 6.14. The van der Waals surface area contributed by atoms with Gasteiger partial charge in [-0.2, -0.15) is 5.10 Å². The molecular formula is C11H15N3S. The fourth-order valence-corrected chi connectivity index (χ4v) is 1.23. The van der Waals surface area contributed by atoms with Gasteiger partial charge in [0.25, 0.3) is 0 Å². The highest BCUT2D eigenvalue weighted by atomic mass is 32.1. The van der Waals surface area contributed by atoms with Crippen molar-refractivity contribution in [3.8, 4) is 0 Å². The van der Waals surface area contributed by atoms with Gasteiger partial charge in [-0.05, 0) is 24.7 Å². The largest absolute Gasteiger partial charge is 0.357 e. The molecule has 0 aliphatic carbocycles. The van der Waals surface area contributed by atoms with Gasteiger partial charge in [-0.1, -0.05) is 30.3 Å². The summed E-state index contributed by atoms with van der Waals surface area (Å²) in [6.07, 6.45) is 1.70. The normalized spacial score (nSPS) is 10.3. The molecule has 0 aromatic heterocycles. The first-order chi connectivity index (χ1) is 7.24. The van der Waals surface area contributed by atoms with Crippen molar-refractivity contribution in [3.05, 3.63) is 35.9 Å². The predicted octanol–water partition coefficient (Wildman–Crippen LogP) is 2.00. The Kier molecular flexibility index (Phi) is 4.77. The van der Waals surface area contributed by atoms with Crippen molar-refractivity contribution in [2.75, 3.05) is 7.05 Å². The van der Waals surface area contributed by atoms with Crippen molar-refractivity contribution in [2.24, 2.45) is 5.10 Å². The van der Waals surface area contributed by atoms with Crippen molar-refractivity contribution in [1.82, 2.24) is 10.3 Å². The lowest BCUT2D eigenvalue weighted by atomic mass is 10.2. The fraction of sp³-hybridized carbons (Fsp3) is 0.273. The van der Waals surface area contributed by atoms with E-state index in [-0.39, 0.29) is 0 Å². The van der Waals surface area contributed by atoms with Gasteiger partial charge in [0.05, 0.1) is 0 Å². The lowest BCUT2D eigenvalue weighted by Gasteiger charge is -2.15. The quantitative estimate of drug-likeness (QED) is 0.480. The molecule has 0 saturated heterocycles. The minimum atomic E-state index is 0.622. The minimum Gasteiger partial charge on any atom is -0.357 e. The van der Waals surface area contributed by atoms with Crippen molar-refractivity contribution >= 4 is 23.5 Å². The summed E-state index contributed by atoms with van der Waals surface area (Å²) in [5.41, 5.74) is 1.20. The Labute approximate surface area is 95.8 Å². The predicted molar refractivity (Wildman–Crippen MR) is 67.8 cm³/mol. The third-order valence-corrected chi connectivity index (χ3v) is 2.28. The van der Waals surface area contributed by atoms with Gasteiger partial charge in [-0.15, -0.1) is 0 Å². The van der Waals surface area contributed by atoms with Crippen LogP contribution >= 0.6 is 12.2 Å². The van der Waals surface area contributed by atoms with E-state index in [1.807, 2.05) is 32.2 Å². The number of rotatable bonds is 3. The standard InChI is InChI=1S/C11H15N3S/c1-3-13-14(2)11(15)12-9-10-7-5-4-6-8-10/h3-8H,9H2,1-2H3,(H,12,15). The van der Waals surface area contributed by atoms with E-state index in [1.54, 1.807) is 11.2 Å². The first-order valence-electron chi connectivity index (χ1n) is 4.78. The number of nitrogens with one attached hydrogen (secondary N) is 1. The second-order valence-electron chi connectivity index (χ2n) is 3.04. The highest BCUT2D eigenvalue weighted by molar-refractivity contribution is 7.80. The zero-order chi connectivity index (χ0) is 11.1. The Morgan fingerprint density at radius 1 is 1.47 bits per heavy atom. The van der Waals surface area contributed by atoms with Gasteiger partial charge in [0.1, 0.15) is 0 Å². The van der Waals surface area contributed by atoms with Crippen molar-refractivity contribution in [3.63, 3.8) is 0 Å². The van der Waals surface area contributed by atoms with E-state index in [1.165, 1.54) is 5.56 Å². The van der Waals surface area contributed by atoms with Crippen LogP contribution in [-0.4, -0.2) is 23.4 Å². The van der Waals surface area contributed by atoms with Crippen LogP contribution in [0.5, 0.6) is 0 Å². The molecule has 3 nitrogen and oxygen atoms in total. The van der Waals surface area contributed by atoms with Crippen LogP contribution in [0.15, 0.2) is 35.4 Å². The molecular weight excluding hydrogens is 206 g/mol. The van der Waals surface area contributed by atoms with Gasteiger partial charge in [0.2, 0.25) is 0 Å². The summed E-state index contributed by atoms with van der Waals surface area (Å²) in [5, 5.41) is 9.43. The number of hydrogen-bond acceptors (Lipinski definition) is 2. The molecule has 0 unspecified atom stereocenters. The third kappa shape index (κ3) is 4.08. The van der Waals surface area contributed by atoms with Gasteiger partial charge in [0.15, 0.2) is 5.11 Å². The first-order valence-corrected chi connectivity index (χ1v) is 5.19. The van der Waals surface area contributed by atoms with E-state index in [4.69, 9.17) is 12.2 Å². The lowest BCUT2D eigenvalue weighted by molar-refractivity contribution is 0.531. The maximum absolute atomic E-state index is 5.14. The number of benzene rings is 1. The van der Waals surface area contributed by atoms with E-state index < -0.39 is 0 Å². The molecule has 0 radical (unpaired) electrons. The van der Waals surface area contributed by atoms with Gasteiger partial charge in [-0.3, -0.25) is 0 Å². The van der Waals surface area contributed by atoms with Gasteiger partial charge < -0.3 is 5.32 Å². The highest BCUT2D eigenvalue weighted by Gasteiger charge is 2.00. The third-order valence-electron chi connectivity index (χ3n) is 1.87. The molecule has 0 heterocycles. The SMILES string of the molecule is CC=NN(C)C(=S)NCc1ccccc1. The summed E-state index contributed by atoms with van der Waals surface area (Å²) in [4.78, 5) is 0. The van der Waals surface area contributed by atoms with Crippen LogP contribution in [0.4, 0.5) is 0 Å². The molecule has 0 fully saturated rings. The number of hydrogen-bond donors (Lipinski definition) is 1. The number of nitrogens with zero attached hydrogens (tertiary/aromatic N) is 2. The summed E-state index contributed by atoms with van der Waals surface area (Å²) < 4.78 is 0. The molecule has 1 rings (SSSR count). The summed E-state index contributed by atoms with van der Waals surface area (Å²) in [7, 11) is 1.82. The van der Waals surface area contributed by atoms with Crippen LogP contribution < -0.4 is 5.32 Å². The van der Waals surface area contributed by atoms with Crippen LogP contribution in [-0.2, 0) is 6.54 Å². The Balaban J connectivity index is 2.41. The second-order valence-corrected chi connectivity index (χ2v) is 3.43. The molecule has 0 aliphatic rings. The summed E-state index contributed by atoms with van der Waals surface area (Å²) >= 11 is 5.14. The van der Waals surface area contributed by atoms with E-state index in [0.29, 0.717) is 5.11 Å². The molecule has 1 aromatic carbocycles. The fourth-order valence-electron chi connectivity index (χ4n) is 1.11. The average molecular weight is 221 g/mol. The smallest absolute Gasteiger partial charge is 0.189 e. The van der Waals surface area contributed by atoms with Crippen molar-refractivity contribution < 1.29 is 0 Å². The maximum Gasteiger partial charge on any atom is 0.189 e. The molecule has 15 heavy (non-hydrogen) atoms. The topological polar surface area (TPSA) is 27.6 Å². The lowest BCUT2D eigenvalue weighted by Crippen LogP contribution is -2.33. The van der Waals surface area contributed by atoms with E-state index >= 15 is 0 Å². The van der Waals surface area contributed by atoms with Gasteiger partial charge in [0, 0.05) is 19.8 Å². The zero-order valence-corrected chi connectivity index (χ0v) is 9.79. The highest BCUT2D eigenvalue weighted by Crippen LogP contribution is 1.97. The first kappa shape index (κ1) is 11.7. The Bertz CT molecular complexity index is 335. The summed E-state index contributed by atoms with van der Waals surface area (Å²) in [6, 6.07) is 10.1. The average Bonchev–Trinajstić information content (AvgIpc) is 2.27. The Morgan fingerprint density at radius 2 is 2.13 bits per heavy atom. The van der Waals surface area contributed by atoms with Crippen LogP contribution in [0.3, 0.4) is 0 Å². The maximum atomic E-state index is 5.14. The molecule has 0 spiro atoms. The van der Waals surface area contributed by atoms with E-state index in [0.717, 1.165) is 6.54 Å². The van der Waals surface area contributed by atoms with Crippen LogP contribution in [0.2, 0.25) is 0 Å². The van der Waals surface area contributed by atoms with Crippen molar-refractivity contribution in [1.29, 1.82) is 0 Å². The zero-order valence-electron chi connectivity index (χ0n) is 8.97. The van der Waals surface area contributed by atoms with Crippen LogP contribution in [0, 0.1) is 0 Å². The monoisotopic (exact) mass is 221 g/mol. The van der Waals surface area contributed by atoms with Gasteiger partial charge >= 0.3 is 0 Å². The molecule has 0 aliphatic heterocycles. The molecule has 0 amide bonds. The molecule has 0 saturated carbocycles. The van der Waals surface area contributed by atoms with Crippen LogP contribution in [0.25, 0.3) is 0 Å². The van der Waals surface area contributed by atoms with E-state index in [9.17, 15) is 0 Å². The Morgan fingerprint density at radius 3 is 2.73 bits per heavy atom. The van der Waals surface area contributed by atoms with E-state index in [2.05, 4.69) is 22.6 Å². The number of hydrazone groups is 1.